The third-order valence-corrected chi connectivity index (χ3v) is 2.95. The molecule has 0 spiro atoms. The molecule has 0 aliphatic rings. The van der Waals surface area contributed by atoms with Crippen LogP contribution in [0.2, 0.25) is 5.02 Å². The van der Waals surface area contributed by atoms with Crippen LogP contribution in [0.4, 0.5) is 5.69 Å². The third-order valence-electron chi connectivity index (χ3n) is 2.72. The first-order valence-electron chi connectivity index (χ1n) is 6.36. The molecule has 0 unspecified atom stereocenters. The Morgan fingerprint density at radius 2 is 2.11 bits per heavy atom. The van der Waals surface area contributed by atoms with Crippen molar-refractivity contribution in [3.8, 4) is 0 Å². The molecule has 102 valence electrons. The number of hydrogen-bond donors (Lipinski definition) is 2. The van der Waals surface area contributed by atoms with Gasteiger partial charge in [-0.15, -0.1) is 0 Å². The number of aromatic nitrogens is 3. The molecule has 4 nitrogen and oxygen atoms in total. The molecule has 19 heavy (non-hydrogen) atoms. The molecule has 1 heterocycles. The zero-order chi connectivity index (χ0) is 13.9. The van der Waals surface area contributed by atoms with Gasteiger partial charge in [-0.1, -0.05) is 38.4 Å². The van der Waals surface area contributed by atoms with Crippen molar-refractivity contribution < 1.29 is 0 Å². The van der Waals surface area contributed by atoms with E-state index in [1.54, 1.807) is 0 Å². The highest BCUT2D eigenvalue weighted by molar-refractivity contribution is 6.30. The van der Waals surface area contributed by atoms with Crippen molar-refractivity contribution in [1.29, 1.82) is 0 Å². The Bertz CT molecular complexity index is 542. The van der Waals surface area contributed by atoms with E-state index in [9.17, 15) is 0 Å². The van der Waals surface area contributed by atoms with Gasteiger partial charge in [0, 0.05) is 29.1 Å². The minimum atomic E-state index is -0.0187. The minimum Gasteiger partial charge on any atom is -0.385 e. The molecule has 0 amide bonds. The minimum absolute atomic E-state index is 0.0187. The van der Waals surface area contributed by atoms with Crippen LogP contribution in [0, 0.1) is 0 Å². The Kier molecular flexibility index (Phi) is 4.10. The summed E-state index contributed by atoms with van der Waals surface area (Å²) < 4.78 is 0. The quantitative estimate of drug-likeness (QED) is 0.901. The highest BCUT2D eigenvalue weighted by atomic mass is 35.5. The number of aromatic amines is 1. The van der Waals surface area contributed by atoms with Gasteiger partial charge in [-0.2, -0.15) is 5.10 Å². The second kappa shape index (κ2) is 5.61. The van der Waals surface area contributed by atoms with Crippen molar-refractivity contribution in [2.24, 2.45) is 0 Å². The fourth-order valence-electron chi connectivity index (χ4n) is 1.67. The van der Waals surface area contributed by atoms with Crippen LogP contribution in [-0.4, -0.2) is 21.7 Å². The Hall–Kier alpha value is -1.55. The molecule has 0 aliphatic heterocycles. The first-order valence-corrected chi connectivity index (χ1v) is 6.74. The van der Waals surface area contributed by atoms with Crippen LogP contribution < -0.4 is 5.32 Å². The Labute approximate surface area is 118 Å². The fourth-order valence-corrected chi connectivity index (χ4v) is 1.86. The second-order valence-corrected chi connectivity index (χ2v) is 5.98. The van der Waals surface area contributed by atoms with Gasteiger partial charge in [0.1, 0.15) is 5.82 Å². The van der Waals surface area contributed by atoms with E-state index in [0.717, 1.165) is 35.3 Å². The van der Waals surface area contributed by atoms with Crippen molar-refractivity contribution in [2.45, 2.75) is 32.6 Å². The van der Waals surface area contributed by atoms with Crippen LogP contribution in [-0.2, 0) is 11.8 Å². The number of H-pyrrole nitrogens is 1. The van der Waals surface area contributed by atoms with E-state index in [1.807, 2.05) is 24.3 Å². The average Bonchev–Trinajstić information content (AvgIpc) is 2.77. The highest BCUT2D eigenvalue weighted by Gasteiger charge is 2.18. The monoisotopic (exact) mass is 278 g/mol. The maximum absolute atomic E-state index is 5.93. The first-order chi connectivity index (χ1) is 8.95. The fraction of sp³-hybridized carbons (Fsp3) is 0.429. The molecule has 1 aromatic carbocycles. The standard InChI is InChI=1S/C14H19ClN4/c1-14(2,3)13-17-12(18-19-13)7-8-16-11-6-4-5-10(15)9-11/h4-6,9,16H,7-8H2,1-3H3,(H,17,18,19). The zero-order valence-electron chi connectivity index (χ0n) is 11.5. The molecular formula is C14H19ClN4. The summed E-state index contributed by atoms with van der Waals surface area (Å²) in [7, 11) is 0. The Morgan fingerprint density at radius 1 is 1.32 bits per heavy atom. The van der Waals surface area contributed by atoms with E-state index in [4.69, 9.17) is 11.6 Å². The number of rotatable bonds is 4. The predicted octanol–water partition coefficient (Wildman–Crippen LogP) is 3.41. The topological polar surface area (TPSA) is 53.6 Å². The summed E-state index contributed by atoms with van der Waals surface area (Å²) >= 11 is 5.93. The van der Waals surface area contributed by atoms with Crippen LogP contribution in [0.5, 0.6) is 0 Å². The van der Waals surface area contributed by atoms with Crippen LogP contribution in [0.1, 0.15) is 32.4 Å². The number of halogens is 1. The number of hydrogen-bond acceptors (Lipinski definition) is 3. The van der Waals surface area contributed by atoms with Gasteiger partial charge in [0.2, 0.25) is 0 Å². The molecule has 0 atom stereocenters. The Balaban J connectivity index is 1.88. The summed E-state index contributed by atoms with van der Waals surface area (Å²) in [5.74, 6) is 1.75. The lowest BCUT2D eigenvalue weighted by Crippen LogP contribution is -2.13. The summed E-state index contributed by atoms with van der Waals surface area (Å²) in [6.45, 7) is 7.09. The van der Waals surface area contributed by atoms with Gasteiger partial charge >= 0.3 is 0 Å². The molecule has 1 aromatic heterocycles. The number of nitrogens with zero attached hydrogens (tertiary/aromatic N) is 2. The maximum atomic E-state index is 5.93. The van der Waals surface area contributed by atoms with Crippen LogP contribution in [0.15, 0.2) is 24.3 Å². The second-order valence-electron chi connectivity index (χ2n) is 5.54. The number of benzene rings is 1. The van der Waals surface area contributed by atoms with Crippen molar-refractivity contribution >= 4 is 17.3 Å². The molecule has 0 saturated carbocycles. The molecule has 2 aromatic rings. The lowest BCUT2D eigenvalue weighted by atomic mass is 9.96. The number of nitrogens with one attached hydrogen (secondary N) is 2. The predicted molar refractivity (Wildman–Crippen MR) is 78.7 cm³/mol. The Morgan fingerprint density at radius 3 is 2.74 bits per heavy atom. The summed E-state index contributed by atoms with van der Waals surface area (Å²) in [4.78, 5) is 4.50. The van der Waals surface area contributed by atoms with Crippen LogP contribution in [0.3, 0.4) is 0 Å². The molecule has 2 rings (SSSR count). The molecule has 5 heteroatoms. The van der Waals surface area contributed by atoms with Gasteiger partial charge in [-0.3, -0.25) is 5.10 Å². The smallest absolute Gasteiger partial charge is 0.155 e. The maximum Gasteiger partial charge on any atom is 0.155 e. The van der Waals surface area contributed by atoms with Gasteiger partial charge in [0.05, 0.1) is 0 Å². The van der Waals surface area contributed by atoms with Gasteiger partial charge in [0.25, 0.3) is 0 Å². The summed E-state index contributed by atoms with van der Waals surface area (Å²) in [5.41, 5.74) is 0.998. The van der Waals surface area contributed by atoms with Gasteiger partial charge in [0.15, 0.2) is 5.82 Å². The molecule has 0 aliphatic carbocycles. The number of anilines is 1. The van der Waals surface area contributed by atoms with Crippen molar-refractivity contribution in [3.63, 3.8) is 0 Å². The molecule has 0 radical (unpaired) electrons. The zero-order valence-corrected chi connectivity index (χ0v) is 12.3. The van der Waals surface area contributed by atoms with Crippen LogP contribution >= 0.6 is 11.6 Å². The highest BCUT2D eigenvalue weighted by Crippen LogP contribution is 2.17. The van der Waals surface area contributed by atoms with Gasteiger partial charge < -0.3 is 5.32 Å². The van der Waals surface area contributed by atoms with Gasteiger partial charge in [-0.05, 0) is 18.2 Å². The van der Waals surface area contributed by atoms with Crippen molar-refractivity contribution in [1.82, 2.24) is 15.2 Å². The molecular weight excluding hydrogens is 260 g/mol. The average molecular weight is 279 g/mol. The molecule has 0 fully saturated rings. The molecule has 0 bridgehead atoms. The summed E-state index contributed by atoms with van der Waals surface area (Å²) in [6, 6.07) is 7.69. The van der Waals surface area contributed by atoms with E-state index >= 15 is 0 Å². The lowest BCUT2D eigenvalue weighted by molar-refractivity contribution is 0.547. The van der Waals surface area contributed by atoms with E-state index in [-0.39, 0.29) is 5.41 Å². The van der Waals surface area contributed by atoms with E-state index in [1.165, 1.54) is 0 Å². The largest absolute Gasteiger partial charge is 0.385 e. The normalized spacial score (nSPS) is 11.6. The van der Waals surface area contributed by atoms with E-state index < -0.39 is 0 Å². The lowest BCUT2D eigenvalue weighted by Gasteiger charge is -2.11. The van der Waals surface area contributed by atoms with E-state index in [0.29, 0.717) is 0 Å². The van der Waals surface area contributed by atoms with Gasteiger partial charge in [-0.25, -0.2) is 4.98 Å². The van der Waals surface area contributed by atoms with Crippen LogP contribution in [0.25, 0.3) is 0 Å². The molecule has 0 saturated heterocycles. The van der Waals surface area contributed by atoms with E-state index in [2.05, 4.69) is 41.3 Å². The van der Waals surface area contributed by atoms with Crippen molar-refractivity contribution in [2.75, 3.05) is 11.9 Å². The summed E-state index contributed by atoms with van der Waals surface area (Å²) in [6.07, 6.45) is 0.801. The SMILES string of the molecule is CC(C)(C)c1n[nH]c(CCNc2cccc(Cl)c2)n1. The molecule has 2 N–H and O–H groups in total. The first kappa shape index (κ1) is 13.9. The van der Waals surface area contributed by atoms with Crippen molar-refractivity contribution in [3.05, 3.63) is 40.9 Å². The summed E-state index contributed by atoms with van der Waals surface area (Å²) in [5, 5.41) is 11.3. The third kappa shape index (κ3) is 3.96.